The molecule has 1 aliphatic carbocycles. The molecule has 1 unspecified atom stereocenters. The Morgan fingerprint density at radius 3 is 2.48 bits per heavy atom. The van der Waals surface area contributed by atoms with Gasteiger partial charge in [0, 0.05) is 51.4 Å². The fourth-order valence-corrected chi connectivity index (χ4v) is 4.77. The first-order valence-corrected chi connectivity index (χ1v) is 12.0. The zero-order valence-corrected chi connectivity index (χ0v) is 19.6. The van der Waals surface area contributed by atoms with Crippen molar-refractivity contribution in [2.24, 2.45) is 5.92 Å². The van der Waals surface area contributed by atoms with E-state index >= 15 is 0 Å². The molecule has 2 heterocycles. The van der Waals surface area contributed by atoms with Gasteiger partial charge in [0.25, 0.3) is 0 Å². The van der Waals surface area contributed by atoms with Gasteiger partial charge < -0.3 is 15.0 Å². The molecule has 1 atom stereocenters. The Hall–Kier alpha value is -2.87. The number of nitrogens with zero attached hydrogens (tertiary/aromatic N) is 3. The van der Waals surface area contributed by atoms with Gasteiger partial charge in [-0.15, -0.1) is 0 Å². The smallest absolute Gasteiger partial charge is 0.338 e. The molecule has 0 aromatic heterocycles. The van der Waals surface area contributed by atoms with Crippen molar-refractivity contribution in [1.29, 1.82) is 0 Å². The SMILES string of the molecule is CCOC(=O)C1=C(CN2CCCN(C(=O)C3CCC3)CC2)N(C)C(=O)NC1c1ccccc1. The van der Waals surface area contributed by atoms with Crippen molar-refractivity contribution in [3.63, 3.8) is 0 Å². The summed E-state index contributed by atoms with van der Waals surface area (Å²) in [7, 11) is 1.69. The Morgan fingerprint density at radius 2 is 1.82 bits per heavy atom. The lowest BCUT2D eigenvalue weighted by atomic mass is 9.84. The number of esters is 1. The molecule has 3 aliphatic rings. The molecule has 178 valence electrons. The van der Waals surface area contributed by atoms with Gasteiger partial charge in [0.15, 0.2) is 0 Å². The largest absolute Gasteiger partial charge is 0.463 e. The maximum atomic E-state index is 13.1. The van der Waals surface area contributed by atoms with Crippen molar-refractivity contribution in [2.75, 3.05) is 46.4 Å². The van der Waals surface area contributed by atoms with Gasteiger partial charge in [0.1, 0.15) is 0 Å². The van der Waals surface area contributed by atoms with Crippen molar-refractivity contribution in [3.8, 4) is 0 Å². The quantitative estimate of drug-likeness (QED) is 0.668. The molecule has 3 amide bonds. The standard InChI is InChI=1S/C25H34N4O4/c1-3-33-24(31)21-20(27(2)25(32)26-22(21)18-9-5-4-6-10-18)17-28-13-8-14-29(16-15-28)23(30)19-11-7-12-19/h4-6,9-10,19,22H,3,7-8,11-17H2,1-2H3,(H,26,32). The molecule has 1 aromatic carbocycles. The molecule has 0 bridgehead atoms. The van der Waals surface area contributed by atoms with Crippen molar-refractivity contribution >= 4 is 17.9 Å². The zero-order valence-electron chi connectivity index (χ0n) is 19.6. The fourth-order valence-electron chi connectivity index (χ4n) is 4.77. The molecule has 1 saturated carbocycles. The Bertz CT molecular complexity index is 912. The van der Waals surface area contributed by atoms with Gasteiger partial charge in [-0.25, -0.2) is 9.59 Å². The molecule has 0 radical (unpaired) electrons. The van der Waals surface area contributed by atoms with Crippen LogP contribution in [0.4, 0.5) is 4.79 Å². The summed E-state index contributed by atoms with van der Waals surface area (Å²) in [4.78, 5) is 44.4. The number of likely N-dealkylation sites (N-methyl/N-ethyl adjacent to an activating group) is 1. The molecule has 1 saturated heterocycles. The Balaban J connectivity index is 1.58. The number of amides is 3. The summed E-state index contributed by atoms with van der Waals surface area (Å²) in [5.41, 5.74) is 1.97. The number of hydrogen-bond acceptors (Lipinski definition) is 5. The topological polar surface area (TPSA) is 82.2 Å². The number of carbonyl (C=O) groups is 3. The van der Waals surface area contributed by atoms with Crippen LogP contribution in [0.15, 0.2) is 41.6 Å². The Kier molecular flexibility index (Phi) is 7.33. The number of carbonyl (C=O) groups excluding carboxylic acids is 3. The number of benzene rings is 1. The molecular formula is C25H34N4O4. The van der Waals surface area contributed by atoms with E-state index in [0.717, 1.165) is 44.3 Å². The summed E-state index contributed by atoms with van der Waals surface area (Å²) in [6, 6.07) is 8.70. The summed E-state index contributed by atoms with van der Waals surface area (Å²) in [6.07, 6.45) is 4.04. The molecule has 8 heteroatoms. The monoisotopic (exact) mass is 454 g/mol. The van der Waals surface area contributed by atoms with E-state index in [-0.39, 0.29) is 24.5 Å². The molecule has 1 aromatic rings. The third-order valence-corrected chi connectivity index (χ3v) is 6.93. The molecule has 2 fully saturated rings. The van der Waals surface area contributed by atoms with Crippen LogP contribution in [0.1, 0.15) is 44.2 Å². The number of hydrogen-bond donors (Lipinski definition) is 1. The van der Waals surface area contributed by atoms with Crippen LogP contribution in [0.3, 0.4) is 0 Å². The lowest BCUT2D eigenvalue weighted by molar-refractivity contribution is -0.139. The summed E-state index contributed by atoms with van der Waals surface area (Å²) < 4.78 is 5.41. The number of rotatable bonds is 6. The van der Waals surface area contributed by atoms with E-state index in [4.69, 9.17) is 4.74 Å². The molecule has 33 heavy (non-hydrogen) atoms. The van der Waals surface area contributed by atoms with Crippen LogP contribution in [0.2, 0.25) is 0 Å². The van der Waals surface area contributed by atoms with Crippen molar-refractivity contribution < 1.29 is 19.1 Å². The highest BCUT2D eigenvalue weighted by atomic mass is 16.5. The predicted octanol–water partition coefficient (Wildman–Crippen LogP) is 2.53. The highest BCUT2D eigenvalue weighted by molar-refractivity contribution is 5.95. The van der Waals surface area contributed by atoms with Gasteiger partial charge in [0.05, 0.1) is 18.2 Å². The van der Waals surface area contributed by atoms with Gasteiger partial charge in [-0.3, -0.25) is 14.6 Å². The van der Waals surface area contributed by atoms with Crippen LogP contribution in [-0.2, 0) is 14.3 Å². The number of ether oxygens (including phenoxy) is 1. The first kappa shape index (κ1) is 23.3. The summed E-state index contributed by atoms with van der Waals surface area (Å²) in [5, 5.41) is 2.96. The first-order valence-electron chi connectivity index (χ1n) is 12.0. The van der Waals surface area contributed by atoms with Crippen molar-refractivity contribution in [2.45, 2.75) is 38.6 Å². The van der Waals surface area contributed by atoms with E-state index < -0.39 is 12.0 Å². The molecular weight excluding hydrogens is 420 g/mol. The van der Waals surface area contributed by atoms with E-state index in [2.05, 4.69) is 10.2 Å². The Labute approximate surface area is 195 Å². The Morgan fingerprint density at radius 1 is 1.06 bits per heavy atom. The second-order valence-corrected chi connectivity index (χ2v) is 9.02. The van der Waals surface area contributed by atoms with E-state index in [1.807, 2.05) is 35.2 Å². The minimum absolute atomic E-state index is 0.203. The minimum atomic E-state index is -0.562. The van der Waals surface area contributed by atoms with Crippen LogP contribution in [0, 0.1) is 5.92 Å². The van der Waals surface area contributed by atoms with Crippen LogP contribution in [0.5, 0.6) is 0 Å². The van der Waals surface area contributed by atoms with Gasteiger partial charge in [-0.05, 0) is 31.7 Å². The second kappa shape index (κ2) is 10.4. The lowest BCUT2D eigenvalue weighted by Gasteiger charge is -2.36. The van der Waals surface area contributed by atoms with Crippen molar-refractivity contribution in [3.05, 3.63) is 47.2 Å². The van der Waals surface area contributed by atoms with Gasteiger partial charge in [0.2, 0.25) is 5.91 Å². The highest BCUT2D eigenvalue weighted by Crippen LogP contribution is 2.32. The van der Waals surface area contributed by atoms with E-state index in [1.54, 1.807) is 14.0 Å². The molecule has 2 aliphatic heterocycles. The fraction of sp³-hybridized carbons (Fsp3) is 0.560. The number of nitrogens with one attached hydrogen (secondary N) is 1. The third-order valence-electron chi connectivity index (χ3n) is 6.93. The molecule has 1 N–H and O–H groups in total. The second-order valence-electron chi connectivity index (χ2n) is 9.02. The average molecular weight is 455 g/mol. The summed E-state index contributed by atoms with van der Waals surface area (Å²) in [6.45, 7) is 5.45. The maximum absolute atomic E-state index is 13.1. The van der Waals surface area contributed by atoms with Crippen LogP contribution in [0.25, 0.3) is 0 Å². The van der Waals surface area contributed by atoms with Crippen LogP contribution in [-0.4, -0.2) is 79.0 Å². The normalized spacial score (nSPS) is 22.5. The number of urea groups is 1. The maximum Gasteiger partial charge on any atom is 0.338 e. The highest BCUT2D eigenvalue weighted by Gasteiger charge is 2.37. The molecule has 8 nitrogen and oxygen atoms in total. The molecule has 4 rings (SSSR count). The zero-order chi connectivity index (χ0) is 23.4. The van der Waals surface area contributed by atoms with E-state index in [0.29, 0.717) is 30.9 Å². The average Bonchev–Trinajstić information content (AvgIpc) is 3.02. The lowest BCUT2D eigenvalue weighted by Crippen LogP contribution is -2.49. The predicted molar refractivity (Wildman–Crippen MR) is 124 cm³/mol. The van der Waals surface area contributed by atoms with Gasteiger partial charge in [-0.2, -0.15) is 0 Å². The van der Waals surface area contributed by atoms with Gasteiger partial charge >= 0.3 is 12.0 Å². The third kappa shape index (κ3) is 5.05. The van der Waals surface area contributed by atoms with Crippen molar-refractivity contribution in [1.82, 2.24) is 20.0 Å². The summed E-state index contributed by atoms with van der Waals surface area (Å²) >= 11 is 0. The van der Waals surface area contributed by atoms with Crippen LogP contribution >= 0.6 is 0 Å². The molecule has 0 spiro atoms. The first-order chi connectivity index (χ1) is 16.0. The van der Waals surface area contributed by atoms with Gasteiger partial charge in [-0.1, -0.05) is 36.8 Å². The van der Waals surface area contributed by atoms with Crippen LogP contribution < -0.4 is 5.32 Å². The summed E-state index contributed by atoms with van der Waals surface area (Å²) in [5.74, 6) is 0.0760. The van der Waals surface area contributed by atoms with E-state index in [1.165, 1.54) is 4.90 Å². The van der Waals surface area contributed by atoms with E-state index in [9.17, 15) is 14.4 Å². The minimum Gasteiger partial charge on any atom is -0.463 e.